The summed E-state index contributed by atoms with van der Waals surface area (Å²) in [6.07, 6.45) is 3.22. The summed E-state index contributed by atoms with van der Waals surface area (Å²) in [6.45, 7) is 3.63. The standard InChI is InChI=1S/C7H10ClN3.ClH/c1-2-9-5-6-7(8)11-4-3-10-6;/h3-4,9H,2,5H2,1H3;1H. The van der Waals surface area contributed by atoms with Gasteiger partial charge in [0.25, 0.3) is 0 Å². The van der Waals surface area contributed by atoms with Crippen molar-refractivity contribution in [1.29, 1.82) is 0 Å². The Hall–Kier alpha value is -0.380. The molecule has 0 spiro atoms. The fourth-order valence-corrected chi connectivity index (χ4v) is 0.884. The summed E-state index contributed by atoms with van der Waals surface area (Å²) >= 11 is 5.75. The van der Waals surface area contributed by atoms with E-state index >= 15 is 0 Å². The largest absolute Gasteiger partial charge is 0.311 e. The second kappa shape index (κ2) is 6.17. The van der Waals surface area contributed by atoms with Crippen LogP contribution in [0, 0.1) is 0 Å². The first-order valence-electron chi connectivity index (χ1n) is 3.50. The first-order chi connectivity index (χ1) is 5.34. The van der Waals surface area contributed by atoms with Crippen LogP contribution in [0.5, 0.6) is 0 Å². The zero-order chi connectivity index (χ0) is 8.10. The molecule has 0 aliphatic carbocycles. The molecule has 1 aromatic rings. The van der Waals surface area contributed by atoms with E-state index in [1.54, 1.807) is 12.4 Å². The van der Waals surface area contributed by atoms with Crippen LogP contribution in [0.1, 0.15) is 12.6 Å². The van der Waals surface area contributed by atoms with Crippen molar-refractivity contribution in [2.75, 3.05) is 6.54 Å². The highest BCUT2D eigenvalue weighted by Crippen LogP contribution is 2.06. The van der Waals surface area contributed by atoms with Crippen molar-refractivity contribution >= 4 is 24.0 Å². The van der Waals surface area contributed by atoms with E-state index in [0.717, 1.165) is 12.2 Å². The molecule has 68 valence electrons. The topological polar surface area (TPSA) is 37.8 Å². The number of nitrogens with zero attached hydrogens (tertiary/aromatic N) is 2. The number of rotatable bonds is 3. The molecule has 5 heteroatoms. The molecule has 0 atom stereocenters. The first kappa shape index (κ1) is 11.6. The average molecular weight is 208 g/mol. The Morgan fingerprint density at radius 2 is 2.08 bits per heavy atom. The Bertz CT molecular complexity index is 230. The van der Waals surface area contributed by atoms with Crippen molar-refractivity contribution in [2.45, 2.75) is 13.5 Å². The molecule has 12 heavy (non-hydrogen) atoms. The van der Waals surface area contributed by atoms with Crippen LogP contribution in [-0.2, 0) is 6.54 Å². The van der Waals surface area contributed by atoms with Crippen LogP contribution in [0.3, 0.4) is 0 Å². The van der Waals surface area contributed by atoms with Gasteiger partial charge in [0, 0.05) is 18.9 Å². The SMILES string of the molecule is CCNCc1nccnc1Cl.Cl. The molecule has 0 aromatic carbocycles. The molecule has 3 nitrogen and oxygen atoms in total. The maximum atomic E-state index is 5.75. The van der Waals surface area contributed by atoms with Gasteiger partial charge in [-0.05, 0) is 6.54 Å². The predicted octanol–water partition coefficient (Wildman–Crippen LogP) is 1.66. The van der Waals surface area contributed by atoms with Gasteiger partial charge in [-0.3, -0.25) is 4.98 Å². The minimum absolute atomic E-state index is 0. The van der Waals surface area contributed by atoms with Gasteiger partial charge in [-0.15, -0.1) is 12.4 Å². The van der Waals surface area contributed by atoms with E-state index in [9.17, 15) is 0 Å². The molecule has 0 unspecified atom stereocenters. The molecule has 1 rings (SSSR count). The summed E-state index contributed by atoms with van der Waals surface area (Å²) in [4.78, 5) is 7.95. The second-order valence-electron chi connectivity index (χ2n) is 2.07. The van der Waals surface area contributed by atoms with E-state index in [0.29, 0.717) is 11.7 Å². The molecule has 0 aliphatic heterocycles. The van der Waals surface area contributed by atoms with E-state index in [-0.39, 0.29) is 12.4 Å². The average Bonchev–Trinajstić information content (AvgIpc) is 2.03. The third-order valence-electron chi connectivity index (χ3n) is 1.27. The second-order valence-corrected chi connectivity index (χ2v) is 2.43. The lowest BCUT2D eigenvalue weighted by atomic mass is 10.4. The number of halogens is 2. The Kier molecular flexibility index (Phi) is 5.98. The van der Waals surface area contributed by atoms with Gasteiger partial charge in [0.15, 0.2) is 5.15 Å². The maximum absolute atomic E-state index is 5.75. The predicted molar refractivity (Wildman–Crippen MR) is 51.7 cm³/mol. The summed E-state index contributed by atoms with van der Waals surface area (Å²) in [5.74, 6) is 0. The third-order valence-corrected chi connectivity index (χ3v) is 1.58. The number of nitrogens with one attached hydrogen (secondary N) is 1. The van der Waals surface area contributed by atoms with Gasteiger partial charge in [0.05, 0.1) is 5.69 Å². The molecule has 0 fully saturated rings. The van der Waals surface area contributed by atoms with Gasteiger partial charge < -0.3 is 5.32 Å². The molecular formula is C7H11Cl2N3. The Morgan fingerprint density at radius 1 is 1.42 bits per heavy atom. The van der Waals surface area contributed by atoms with Crippen LogP contribution >= 0.6 is 24.0 Å². The molecule has 0 bridgehead atoms. The Balaban J connectivity index is 0.00000121. The first-order valence-corrected chi connectivity index (χ1v) is 3.88. The summed E-state index contributed by atoms with van der Waals surface area (Å²) in [7, 11) is 0. The van der Waals surface area contributed by atoms with Crippen molar-refractivity contribution in [1.82, 2.24) is 15.3 Å². The van der Waals surface area contributed by atoms with Gasteiger partial charge in [0.1, 0.15) is 0 Å². The highest BCUT2D eigenvalue weighted by molar-refractivity contribution is 6.29. The number of aromatic nitrogens is 2. The number of hydrogen-bond acceptors (Lipinski definition) is 3. The summed E-state index contributed by atoms with van der Waals surface area (Å²) in [6, 6.07) is 0. The smallest absolute Gasteiger partial charge is 0.151 e. The summed E-state index contributed by atoms with van der Waals surface area (Å²) in [5.41, 5.74) is 0.802. The summed E-state index contributed by atoms with van der Waals surface area (Å²) in [5, 5.41) is 3.60. The normalized spacial score (nSPS) is 9.17. The van der Waals surface area contributed by atoms with Crippen molar-refractivity contribution in [3.8, 4) is 0 Å². The van der Waals surface area contributed by atoms with Gasteiger partial charge in [-0.25, -0.2) is 4.98 Å². The zero-order valence-corrected chi connectivity index (χ0v) is 8.32. The van der Waals surface area contributed by atoms with Crippen molar-refractivity contribution < 1.29 is 0 Å². The Morgan fingerprint density at radius 3 is 2.67 bits per heavy atom. The van der Waals surface area contributed by atoms with Gasteiger partial charge in [-0.1, -0.05) is 18.5 Å². The lowest BCUT2D eigenvalue weighted by Gasteiger charge is -2.00. The van der Waals surface area contributed by atoms with Crippen LogP contribution in [0.2, 0.25) is 5.15 Å². The van der Waals surface area contributed by atoms with E-state index < -0.39 is 0 Å². The van der Waals surface area contributed by atoms with Crippen LogP contribution < -0.4 is 5.32 Å². The number of hydrogen-bond donors (Lipinski definition) is 1. The summed E-state index contributed by atoms with van der Waals surface area (Å²) < 4.78 is 0. The van der Waals surface area contributed by atoms with Crippen LogP contribution in [0.4, 0.5) is 0 Å². The maximum Gasteiger partial charge on any atom is 0.151 e. The monoisotopic (exact) mass is 207 g/mol. The highest BCUT2D eigenvalue weighted by atomic mass is 35.5. The quantitative estimate of drug-likeness (QED) is 0.820. The molecule has 0 saturated carbocycles. The molecular weight excluding hydrogens is 197 g/mol. The van der Waals surface area contributed by atoms with E-state index in [1.807, 2.05) is 6.92 Å². The van der Waals surface area contributed by atoms with Gasteiger partial charge in [-0.2, -0.15) is 0 Å². The van der Waals surface area contributed by atoms with Crippen molar-refractivity contribution in [3.63, 3.8) is 0 Å². The highest BCUT2D eigenvalue weighted by Gasteiger charge is 1.98. The minimum atomic E-state index is 0. The third kappa shape index (κ3) is 3.34. The van der Waals surface area contributed by atoms with E-state index in [4.69, 9.17) is 11.6 Å². The molecule has 0 saturated heterocycles. The van der Waals surface area contributed by atoms with Crippen LogP contribution in [0.15, 0.2) is 12.4 Å². The zero-order valence-electron chi connectivity index (χ0n) is 6.75. The molecule has 0 aliphatic rings. The molecule has 1 heterocycles. The lowest BCUT2D eigenvalue weighted by molar-refractivity contribution is 0.707. The lowest BCUT2D eigenvalue weighted by Crippen LogP contribution is -2.13. The van der Waals surface area contributed by atoms with Crippen molar-refractivity contribution in [2.24, 2.45) is 0 Å². The van der Waals surface area contributed by atoms with Crippen LogP contribution in [0.25, 0.3) is 0 Å². The Labute approximate surface area is 83.0 Å². The fraction of sp³-hybridized carbons (Fsp3) is 0.429. The minimum Gasteiger partial charge on any atom is -0.311 e. The molecule has 1 aromatic heterocycles. The molecule has 1 N–H and O–H groups in total. The van der Waals surface area contributed by atoms with Crippen LogP contribution in [-0.4, -0.2) is 16.5 Å². The van der Waals surface area contributed by atoms with Gasteiger partial charge in [0.2, 0.25) is 0 Å². The molecule has 0 amide bonds. The van der Waals surface area contributed by atoms with Gasteiger partial charge >= 0.3 is 0 Å². The van der Waals surface area contributed by atoms with Crippen molar-refractivity contribution in [3.05, 3.63) is 23.2 Å². The van der Waals surface area contributed by atoms with E-state index in [1.165, 1.54) is 0 Å². The fourth-order valence-electron chi connectivity index (χ4n) is 0.712. The molecule has 0 radical (unpaired) electrons. The van der Waals surface area contributed by atoms with E-state index in [2.05, 4.69) is 15.3 Å².